The van der Waals surface area contributed by atoms with Crippen molar-refractivity contribution in [2.45, 2.75) is 38.1 Å². The fourth-order valence-corrected chi connectivity index (χ4v) is 1.92. The number of nitrogens with one attached hydrogen (secondary N) is 1. The molecular formula is C13H21N3O. The van der Waals surface area contributed by atoms with Crippen LogP contribution in [0.3, 0.4) is 0 Å². The molecule has 1 aliphatic carbocycles. The third kappa shape index (κ3) is 3.09. The minimum atomic E-state index is -0.0421. The van der Waals surface area contributed by atoms with E-state index in [0.29, 0.717) is 6.61 Å². The quantitative estimate of drug-likeness (QED) is 0.793. The fraction of sp³-hybridized carbons (Fsp3) is 0.615. The second-order valence-corrected chi connectivity index (χ2v) is 4.77. The van der Waals surface area contributed by atoms with Gasteiger partial charge in [0.2, 0.25) is 0 Å². The summed E-state index contributed by atoms with van der Waals surface area (Å²) in [5, 5.41) is 3.30. The number of hydrogen-bond donors (Lipinski definition) is 2. The Bertz CT molecular complexity index is 363. The van der Waals surface area contributed by atoms with Gasteiger partial charge < -0.3 is 15.8 Å². The Morgan fingerprint density at radius 3 is 3.00 bits per heavy atom. The third-order valence-electron chi connectivity index (χ3n) is 3.19. The van der Waals surface area contributed by atoms with E-state index in [1.165, 1.54) is 6.42 Å². The Morgan fingerprint density at radius 1 is 1.53 bits per heavy atom. The highest BCUT2D eigenvalue weighted by Gasteiger charge is 2.32. The van der Waals surface area contributed by atoms with Crippen LogP contribution in [0.15, 0.2) is 18.3 Å². The minimum Gasteiger partial charge on any atom is -0.490 e. The summed E-state index contributed by atoms with van der Waals surface area (Å²) in [6.45, 7) is 3.58. The lowest BCUT2D eigenvalue weighted by molar-refractivity contribution is 0.264. The van der Waals surface area contributed by atoms with Crippen LogP contribution in [0.5, 0.6) is 5.75 Å². The molecule has 2 rings (SSSR count). The first-order chi connectivity index (χ1) is 8.23. The maximum absolute atomic E-state index is 6.17. The van der Waals surface area contributed by atoms with Crippen LogP contribution in [0.25, 0.3) is 0 Å². The molecule has 3 N–H and O–H groups in total. The number of rotatable bonds is 6. The van der Waals surface area contributed by atoms with Crippen LogP contribution < -0.4 is 15.8 Å². The maximum Gasteiger partial charge on any atom is 0.168 e. The fourth-order valence-electron chi connectivity index (χ4n) is 1.92. The van der Waals surface area contributed by atoms with Crippen molar-refractivity contribution in [3.05, 3.63) is 18.3 Å². The molecule has 0 radical (unpaired) electrons. The van der Waals surface area contributed by atoms with Crippen molar-refractivity contribution < 1.29 is 4.74 Å². The first-order valence-electron chi connectivity index (χ1n) is 6.34. The van der Waals surface area contributed by atoms with E-state index >= 15 is 0 Å². The van der Waals surface area contributed by atoms with Crippen molar-refractivity contribution in [1.29, 1.82) is 0 Å². The van der Waals surface area contributed by atoms with Crippen molar-refractivity contribution >= 4 is 5.82 Å². The van der Waals surface area contributed by atoms with Gasteiger partial charge in [0.15, 0.2) is 11.6 Å². The van der Waals surface area contributed by atoms with E-state index < -0.39 is 0 Å². The van der Waals surface area contributed by atoms with E-state index in [1.54, 1.807) is 6.20 Å². The number of pyridine rings is 1. The summed E-state index contributed by atoms with van der Waals surface area (Å²) in [7, 11) is 0. The highest BCUT2D eigenvalue weighted by Crippen LogP contribution is 2.30. The molecule has 1 aromatic rings. The molecule has 1 heterocycles. The average Bonchev–Trinajstić information content (AvgIpc) is 2.32. The molecule has 4 nitrogen and oxygen atoms in total. The third-order valence-corrected chi connectivity index (χ3v) is 3.19. The summed E-state index contributed by atoms with van der Waals surface area (Å²) < 4.78 is 5.64. The highest BCUT2D eigenvalue weighted by molar-refractivity contribution is 5.49. The molecule has 4 heteroatoms. The van der Waals surface area contributed by atoms with Crippen LogP contribution in [-0.2, 0) is 0 Å². The summed E-state index contributed by atoms with van der Waals surface area (Å²) in [5.74, 6) is 1.62. The number of anilines is 1. The van der Waals surface area contributed by atoms with E-state index in [9.17, 15) is 0 Å². The molecule has 0 bridgehead atoms. The van der Waals surface area contributed by atoms with Crippen LogP contribution in [0, 0.1) is 0 Å². The van der Waals surface area contributed by atoms with Gasteiger partial charge in [0, 0.05) is 18.3 Å². The normalized spacial score (nSPS) is 17.3. The molecule has 0 atom stereocenters. The Labute approximate surface area is 103 Å². The van der Waals surface area contributed by atoms with Gasteiger partial charge in [-0.2, -0.15) is 0 Å². The number of aromatic nitrogens is 1. The SMILES string of the molecule is CCCOc1cccnc1NCC1(N)CCC1. The van der Waals surface area contributed by atoms with E-state index in [-0.39, 0.29) is 5.54 Å². The summed E-state index contributed by atoms with van der Waals surface area (Å²) in [5.41, 5.74) is 6.13. The Hall–Kier alpha value is -1.29. The van der Waals surface area contributed by atoms with Crippen molar-refractivity contribution in [2.75, 3.05) is 18.5 Å². The molecular weight excluding hydrogens is 214 g/mol. The van der Waals surface area contributed by atoms with Crippen LogP contribution in [-0.4, -0.2) is 23.7 Å². The molecule has 0 unspecified atom stereocenters. The monoisotopic (exact) mass is 235 g/mol. The van der Waals surface area contributed by atoms with Gasteiger partial charge in [-0.15, -0.1) is 0 Å². The number of ether oxygens (including phenoxy) is 1. The van der Waals surface area contributed by atoms with Gasteiger partial charge in [-0.1, -0.05) is 6.92 Å². The van der Waals surface area contributed by atoms with Crippen molar-refractivity contribution in [2.24, 2.45) is 5.73 Å². The number of nitrogens with two attached hydrogens (primary N) is 1. The molecule has 1 saturated carbocycles. The van der Waals surface area contributed by atoms with Crippen molar-refractivity contribution in [3.63, 3.8) is 0 Å². The summed E-state index contributed by atoms with van der Waals surface area (Å²) in [4.78, 5) is 4.30. The topological polar surface area (TPSA) is 60.2 Å². The first kappa shape index (κ1) is 12.2. The van der Waals surface area contributed by atoms with Gasteiger partial charge in [-0.25, -0.2) is 4.98 Å². The predicted octanol–water partition coefficient (Wildman–Crippen LogP) is 2.16. The summed E-state index contributed by atoms with van der Waals surface area (Å²) in [6.07, 6.45) is 6.19. The Balaban J connectivity index is 1.94. The molecule has 0 saturated heterocycles. The van der Waals surface area contributed by atoms with Gasteiger partial charge in [0.05, 0.1) is 6.61 Å². The zero-order chi connectivity index (χ0) is 12.1. The lowest BCUT2D eigenvalue weighted by Crippen LogP contribution is -2.52. The van der Waals surface area contributed by atoms with E-state index in [0.717, 1.165) is 37.4 Å². The van der Waals surface area contributed by atoms with Crippen LogP contribution in [0.2, 0.25) is 0 Å². The smallest absolute Gasteiger partial charge is 0.168 e. The largest absolute Gasteiger partial charge is 0.490 e. The standard InChI is InChI=1S/C13H21N3O/c1-2-9-17-11-5-3-8-15-12(11)16-10-13(14)6-4-7-13/h3,5,8H,2,4,6-7,9-10,14H2,1H3,(H,15,16). The number of hydrogen-bond acceptors (Lipinski definition) is 4. The molecule has 94 valence electrons. The van der Waals surface area contributed by atoms with Crippen LogP contribution in [0.1, 0.15) is 32.6 Å². The zero-order valence-corrected chi connectivity index (χ0v) is 10.4. The second kappa shape index (κ2) is 5.36. The van der Waals surface area contributed by atoms with E-state index in [2.05, 4.69) is 17.2 Å². The van der Waals surface area contributed by atoms with Gasteiger partial charge in [0.1, 0.15) is 0 Å². The summed E-state index contributed by atoms with van der Waals surface area (Å²) in [6, 6.07) is 3.83. The molecule has 0 aliphatic heterocycles. The Morgan fingerprint density at radius 2 is 2.35 bits per heavy atom. The molecule has 0 aromatic carbocycles. The Kier molecular flexibility index (Phi) is 3.84. The predicted molar refractivity (Wildman–Crippen MR) is 69.3 cm³/mol. The lowest BCUT2D eigenvalue weighted by Gasteiger charge is -2.38. The van der Waals surface area contributed by atoms with E-state index in [4.69, 9.17) is 10.5 Å². The second-order valence-electron chi connectivity index (χ2n) is 4.77. The molecule has 1 aromatic heterocycles. The maximum atomic E-state index is 6.17. The van der Waals surface area contributed by atoms with Gasteiger partial charge >= 0.3 is 0 Å². The zero-order valence-electron chi connectivity index (χ0n) is 10.4. The molecule has 1 fully saturated rings. The van der Waals surface area contributed by atoms with Crippen LogP contribution in [0.4, 0.5) is 5.82 Å². The molecule has 0 spiro atoms. The first-order valence-corrected chi connectivity index (χ1v) is 6.34. The van der Waals surface area contributed by atoms with Crippen LogP contribution >= 0.6 is 0 Å². The lowest BCUT2D eigenvalue weighted by atomic mass is 9.78. The molecule has 1 aliphatic rings. The van der Waals surface area contributed by atoms with Gasteiger partial charge in [-0.05, 0) is 37.8 Å². The van der Waals surface area contributed by atoms with Crippen molar-refractivity contribution in [1.82, 2.24) is 4.98 Å². The minimum absolute atomic E-state index is 0.0421. The number of nitrogens with zero attached hydrogens (tertiary/aromatic N) is 1. The van der Waals surface area contributed by atoms with Crippen molar-refractivity contribution in [3.8, 4) is 5.75 Å². The highest BCUT2D eigenvalue weighted by atomic mass is 16.5. The molecule has 0 amide bonds. The van der Waals surface area contributed by atoms with E-state index in [1.807, 2.05) is 12.1 Å². The average molecular weight is 235 g/mol. The summed E-state index contributed by atoms with van der Waals surface area (Å²) >= 11 is 0. The molecule has 17 heavy (non-hydrogen) atoms. The van der Waals surface area contributed by atoms with Gasteiger partial charge in [0.25, 0.3) is 0 Å². The van der Waals surface area contributed by atoms with Gasteiger partial charge in [-0.3, -0.25) is 0 Å².